The largest absolute Gasteiger partial charge is 0.331 e. The fraction of sp³-hybridized carbons (Fsp3) is 0.250. The van der Waals surface area contributed by atoms with Crippen LogP contribution in [-0.2, 0) is 6.42 Å². The molecule has 1 aliphatic rings. The van der Waals surface area contributed by atoms with Crippen molar-refractivity contribution < 1.29 is 9.59 Å². The highest BCUT2D eigenvalue weighted by atomic mass is 32.1. The summed E-state index contributed by atoms with van der Waals surface area (Å²) in [5, 5.41) is 5.07. The zero-order chi connectivity index (χ0) is 20.4. The van der Waals surface area contributed by atoms with Gasteiger partial charge in [0.05, 0.1) is 6.04 Å². The second-order valence-electron chi connectivity index (χ2n) is 7.32. The summed E-state index contributed by atoms with van der Waals surface area (Å²) in [7, 11) is 0. The van der Waals surface area contributed by atoms with Crippen molar-refractivity contribution in [3.63, 3.8) is 0 Å². The predicted molar refractivity (Wildman–Crippen MR) is 118 cm³/mol. The number of carbonyl (C=O) groups excluding carboxylic acids is 2. The Morgan fingerprint density at radius 2 is 1.90 bits per heavy atom. The van der Waals surface area contributed by atoms with E-state index in [1.54, 1.807) is 29.5 Å². The molecule has 0 saturated carbocycles. The Morgan fingerprint density at radius 3 is 2.66 bits per heavy atom. The van der Waals surface area contributed by atoms with Gasteiger partial charge in [-0.1, -0.05) is 31.2 Å². The number of anilines is 1. The van der Waals surface area contributed by atoms with Gasteiger partial charge in [-0.05, 0) is 66.6 Å². The highest BCUT2D eigenvalue weighted by Gasteiger charge is 2.31. The Bertz CT molecular complexity index is 1040. The van der Waals surface area contributed by atoms with Crippen molar-refractivity contribution in [3.8, 4) is 0 Å². The van der Waals surface area contributed by atoms with Gasteiger partial charge in [0, 0.05) is 28.2 Å². The van der Waals surface area contributed by atoms with E-state index >= 15 is 0 Å². The lowest BCUT2D eigenvalue weighted by atomic mass is 9.96. The van der Waals surface area contributed by atoms with Crippen molar-refractivity contribution >= 4 is 28.8 Å². The van der Waals surface area contributed by atoms with Gasteiger partial charge in [0.1, 0.15) is 0 Å². The molecule has 0 spiro atoms. The Hall–Kier alpha value is -2.92. The average molecular weight is 405 g/mol. The van der Waals surface area contributed by atoms with E-state index in [1.165, 1.54) is 10.4 Å². The summed E-state index contributed by atoms with van der Waals surface area (Å²) in [6.07, 6.45) is 1.79. The van der Waals surface area contributed by atoms with Gasteiger partial charge in [0.2, 0.25) is 0 Å². The van der Waals surface area contributed by atoms with Gasteiger partial charge >= 0.3 is 0 Å². The van der Waals surface area contributed by atoms with E-state index in [-0.39, 0.29) is 17.9 Å². The SMILES string of the molecule is CCC1c2ccsc2CCN1C(=O)c1ccc(C)c(NC(=O)c2ccccc2)c1. The first kappa shape index (κ1) is 19.4. The summed E-state index contributed by atoms with van der Waals surface area (Å²) >= 11 is 1.78. The van der Waals surface area contributed by atoms with Gasteiger partial charge in [0.25, 0.3) is 11.8 Å². The molecule has 148 valence electrons. The topological polar surface area (TPSA) is 49.4 Å². The van der Waals surface area contributed by atoms with Crippen LogP contribution in [0.4, 0.5) is 5.69 Å². The third-order valence-corrected chi connectivity index (χ3v) is 6.51. The Morgan fingerprint density at radius 1 is 1.10 bits per heavy atom. The van der Waals surface area contributed by atoms with E-state index in [1.807, 2.05) is 42.2 Å². The lowest BCUT2D eigenvalue weighted by Crippen LogP contribution is -2.39. The van der Waals surface area contributed by atoms with Crippen molar-refractivity contribution in [2.24, 2.45) is 0 Å². The number of thiophene rings is 1. The van der Waals surface area contributed by atoms with E-state index in [0.29, 0.717) is 16.8 Å². The number of hydrogen-bond donors (Lipinski definition) is 1. The van der Waals surface area contributed by atoms with Crippen molar-refractivity contribution in [1.82, 2.24) is 4.90 Å². The summed E-state index contributed by atoms with van der Waals surface area (Å²) in [6, 6.07) is 16.9. The van der Waals surface area contributed by atoms with Crippen LogP contribution in [0.1, 0.15) is 56.1 Å². The summed E-state index contributed by atoms with van der Waals surface area (Å²) < 4.78 is 0. The molecule has 1 atom stereocenters. The van der Waals surface area contributed by atoms with E-state index in [9.17, 15) is 9.59 Å². The van der Waals surface area contributed by atoms with Gasteiger partial charge in [-0.15, -0.1) is 11.3 Å². The van der Waals surface area contributed by atoms with Crippen LogP contribution in [0.3, 0.4) is 0 Å². The smallest absolute Gasteiger partial charge is 0.255 e. The molecular formula is C24H24N2O2S. The van der Waals surface area contributed by atoms with Crippen LogP contribution in [0, 0.1) is 6.92 Å². The Labute approximate surface area is 175 Å². The minimum atomic E-state index is -0.175. The lowest BCUT2D eigenvalue weighted by molar-refractivity contribution is 0.0657. The molecule has 1 aromatic heterocycles. The van der Waals surface area contributed by atoms with Crippen LogP contribution in [0.25, 0.3) is 0 Å². The monoisotopic (exact) mass is 404 g/mol. The van der Waals surface area contributed by atoms with Crippen molar-refractivity contribution in [1.29, 1.82) is 0 Å². The number of carbonyl (C=O) groups is 2. The molecular weight excluding hydrogens is 380 g/mol. The highest BCUT2D eigenvalue weighted by molar-refractivity contribution is 7.10. The second kappa shape index (κ2) is 8.21. The summed E-state index contributed by atoms with van der Waals surface area (Å²) in [5.41, 5.74) is 4.08. The van der Waals surface area contributed by atoms with Gasteiger partial charge in [-0.25, -0.2) is 0 Å². The molecule has 0 fully saturated rings. The third kappa shape index (κ3) is 3.83. The number of rotatable bonds is 4. The molecule has 4 rings (SSSR count). The molecule has 4 nitrogen and oxygen atoms in total. The zero-order valence-corrected chi connectivity index (χ0v) is 17.5. The third-order valence-electron chi connectivity index (χ3n) is 5.51. The number of fused-ring (bicyclic) bond motifs is 1. The van der Waals surface area contributed by atoms with Crippen LogP contribution in [-0.4, -0.2) is 23.3 Å². The van der Waals surface area contributed by atoms with Gasteiger partial charge in [-0.2, -0.15) is 0 Å². The van der Waals surface area contributed by atoms with Gasteiger partial charge in [-0.3, -0.25) is 9.59 Å². The first-order valence-electron chi connectivity index (χ1n) is 9.92. The van der Waals surface area contributed by atoms with Crippen molar-refractivity contribution in [2.75, 3.05) is 11.9 Å². The van der Waals surface area contributed by atoms with Crippen LogP contribution < -0.4 is 5.32 Å². The molecule has 2 heterocycles. The van der Waals surface area contributed by atoms with Crippen molar-refractivity contribution in [3.05, 3.63) is 87.1 Å². The number of benzene rings is 2. The molecule has 0 aliphatic carbocycles. The maximum atomic E-state index is 13.3. The molecule has 5 heteroatoms. The lowest BCUT2D eigenvalue weighted by Gasteiger charge is -2.35. The standard InChI is InChI=1S/C24H24N2O2S/c1-3-21-19-12-14-29-22(19)11-13-26(21)24(28)18-10-9-16(2)20(15-18)25-23(27)17-7-5-4-6-8-17/h4-10,12,14-15,21H,3,11,13H2,1-2H3,(H,25,27). The number of hydrogen-bond acceptors (Lipinski definition) is 3. The normalized spacial score (nSPS) is 15.7. The van der Waals surface area contributed by atoms with E-state index in [4.69, 9.17) is 0 Å². The maximum absolute atomic E-state index is 13.3. The van der Waals surface area contributed by atoms with Gasteiger partial charge < -0.3 is 10.2 Å². The van der Waals surface area contributed by atoms with E-state index in [0.717, 1.165) is 24.9 Å². The van der Waals surface area contributed by atoms with Crippen LogP contribution in [0.5, 0.6) is 0 Å². The predicted octanol–water partition coefficient (Wildman–Crippen LogP) is 5.46. The number of nitrogens with zero attached hydrogens (tertiary/aromatic N) is 1. The summed E-state index contributed by atoms with van der Waals surface area (Å²) in [6.45, 7) is 4.78. The minimum absolute atomic E-state index is 0.0175. The zero-order valence-electron chi connectivity index (χ0n) is 16.6. The second-order valence-corrected chi connectivity index (χ2v) is 8.32. The molecule has 29 heavy (non-hydrogen) atoms. The molecule has 1 unspecified atom stereocenters. The number of nitrogens with one attached hydrogen (secondary N) is 1. The quantitative estimate of drug-likeness (QED) is 0.628. The molecule has 0 saturated heterocycles. The van der Waals surface area contributed by atoms with E-state index in [2.05, 4.69) is 23.7 Å². The fourth-order valence-corrected chi connectivity index (χ4v) is 4.85. The molecule has 3 aromatic rings. The molecule has 2 aromatic carbocycles. The first-order valence-corrected chi connectivity index (χ1v) is 10.8. The van der Waals surface area contributed by atoms with Crippen LogP contribution in [0.15, 0.2) is 60.0 Å². The molecule has 1 N–H and O–H groups in total. The number of amides is 2. The Balaban J connectivity index is 1.58. The van der Waals surface area contributed by atoms with Crippen LogP contribution in [0.2, 0.25) is 0 Å². The number of aryl methyl sites for hydroxylation is 1. The Kier molecular flexibility index (Phi) is 5.49. The molecule has 2 amide bonds. The fourth-order valence-electron chi connectivity index (χ4n) is 3.92. The average Bonchev–Trinajstić information content (AvgIpc) is 3.23. The molecule has 0 radical (unpaired) electrons. The maximum Gasteiger partial charge on any atom is 0.255 e. The highest BCUT2D eigenvalue weighted by Crippen LogP contribution is 2.36. The van der Waals surface area contributed by atoms with Gasteiger partial charge in [0.15, 0.2) is 0 Å². The van der Waals surface area contributed by atoms with Crippen LogP contribution >= 0.6 is 11.3 Å². The molecule has 0 bridgehead atoms. The molecule has 1 aliphatic heterocycles. The summed E-state index contributed by atoms with van der Waals surface area (Å²) in [5.74, 6) is -0.158. The van der Waals surface area contributed by atoms with E-state index < -0.39 is 0 Å². The minimum Gasteiger partial charge on any atom is -0.331 e. The first-order chi connectivity index (χ1) is 14.1. The van der Waals surface area contributed by atoms with Crippen molar-refractivity contribution in [2.45, 2.75) is 32.7 Å². The summed E-state index contributed by atoms with van der Waals surface area (Å²) in [4.78, 5) is 29.3.